The molecule has 1 unspecified atom stereocenters. The Balaban J connectivity index is 1.64. The minimum Gasteiger partial charge on any atom is -0.444 e. The van der Waals surface area contributed by atoms with Crippen LogP contribution in [0.4, 0.5) is 25.4 Å². The summed E-state index contributed by atoms with van der Waals surface area (Å²) in [5.74, 6) is -0.377. The van der Waals surface area contributed by atoms with E-state index in [4.69, 9.17) is 9.47 Å². The molecule has 2 fully saturated rings. The Labute approximate surface area is 150 Å². The SMILES string of the molecule is O=C(S)NCCC1CN(c2ccc(N3CCOCC3)c(F)c2)C(=O)O1. The maximum Gasteiger partial charge on any atom is 0.414 e. The third kappa shape index (κ3) is 4.35. The van der Waals surface area contributed by atoms with Crippen molar-refractivity contribution in [3.05, 3.63) is 24.0 Å². The van der Waals surface area contributed by atoms with Gasteiger partial charge in [0.1, 0.15) is 11.9 Å². The van der Waals surface area contributed by atoms with Crippen molar-refractivity contribution < 1.29 is 23.5 Å². The van der Waals surface area contributed by atoms with Crippen LogP contribution >= 0.6 is 12.6 Å². The molecule has 0 spiro atoms. The van der Waals surface area contributed by atoms with Crippen LogP contribution < -0.4 is 15.1 Å². The Hall–Kier alpha value is -2.00. The minimum atomic E-state index is -0.513. The molecule has 0 bridgehead atoms. The summed E-state index contributed by atoms with van der Waals surface area (Å²) < 4.78 is 25.0. The van der Waals surface area contributed by atoms with Crippen molar-refractivity contribution in [1.82, 2.24) is 5.32 Å². The highest BCUT2D eigenvalue weighted by Crippen LogP contribution is 2.28. The molecule has 1 aromatic rings. The van der Waals surface area contributed by atoms with Gasteiger partial charge < -0.3 is 19.7 Å². The van der Waals surface area contributed by atoms with Crippen LogP contribution in [0.5, 0.6) is 0 Å². The van der Waals surface area contributed by atoms with E-state index < -0.39 is 11.3 Å². The molecule has 2 aliphatic heterocycles. The molecular formula is C16H20FN3O4S. The molecular weight excluding hydrogens is 349 g/mol. The molecule has 0 aromatic heterocycles. The first kappa shape index (κ1) is 17.8. The van der Waals surface area contributed by atoms with Crippen molar-refractivity contribution >= 4 is 35.3 Å². The lowest BCUT2D eigenvalue weighted by Crippen LogP contribution is -2.36. The predicted octanol–water partition coefficient (Wildman–Crippen LogP) is 2.02. The van der Waals surface area contributed by atoms with Crippen molar-refractivity contribution in [3.8, 4) is 0 Å². The standard InChI is InChI=1S/C16H20FN3O4S/c17-13-9-11(1-2-14(13)19-5-7-23-8-6-19)20-10-12(24-16(20)22)3-4-18-15(21)25/h1-2,9,12H,3-8,10H2,(H2,18,21,25). The lowest BCUT2D eigenvalue weighted by atomic mass is 10.2. The smallest absolute Gasteiger partial charge is 0.414 e. The number of anilines is 2. The van der Waals surface area contributed by atoms with Crippen molar-refractivity contribution in [2.45, 2.75) is 12.5 Å². The first-order valence-electron chi connectivity index (χ1n) is 8.12. The molecule has 1 atom stereocenters. The highest BCUT2D eigenvalue weighted by atomic mass is 32.1. The van der Waals surface area contributed by atoms with E-state index in [0.29, 0.717) is 57.2 Å². The van der Waals surface area contributed by atoms with Crippen LogP contribution in [0.3, 0.4) is 0 Å². The summed E-state index contributed by atoms with van der Waals surface area (Å²) in [5, 5.41) is 2.11. The van der Waals surface area contributed by atoms with Crippen molar-refractivity contribution in [1.29, 1.82) is 0 Å². The van der Waals surface area contributed by atoms with Gasteiger partial charge >= 0.3 is 6.09 Å². The van der Waals surface area contributed by atoms with Gasteiger partial charge in [0, 0.05) is 26.1 Å². The third-order valence-corrected chi connectivity index (χ3v) is 4.37. The van der Waals surface area contributed by atoms with Crippen LogP contribution in [0.25, 0.3) is 0 Å². The molecule has 7 nitrogen and oxygen atoms in total. The summed E-state index contributed by atoms with van der Waals surface area (Å²) in [5.41, 5.74) is 0.966. The Kier molecular flexibility index (Phi) is 5.64. The number of amides is 2. The molecule has 25 heavy (non-hydrogen) atoms. The lowest BCUT2D eigenvalue weighted by molar-refractivity contribution is 0.122. The fraction of sp³-hybridized carbons (Fsp3) is 0.500. The molecule has 2 heterocycles. The molecule has 136 valence electrons. The highest BCUT2D eigenvalue weighted by Gasteiger charge is 2.32. The largest absolute Gasteiger partial charge is 0.444 e. The van der Waals surface area contributed by atoms with Crippen molar-refractivity contribution in [3.63, 3.8) is 0 Å². The van der Waals surface area contributed by atoms with E-state index in [1.165, 1.54) is 11.0 Å². The number of cyclic esters (lactones) is 1. The Morgan fingerprint density at radius 2 is 2.12 bits per heavy atom. The number of nitrogens with one attached hydrogen (secondary N) is 1. The van der Waals surface area contributed by atoms with Crippen LogP contribution in [0, 0.1) is 5.82 Å². The number of hydrogen-bond acceptors (Lipinski definition) is 5. The van der Waals surface area contributed by atoms with Crippen LogP contribution in [0.15, 0.2) is 18.2 Å². The highest BCUT2D eigenvalue weighted by molar-refractivity contribution is 7.96. The predicted molar refractivity (Wildman–Crippen MR) is 94.0 cm³/mol. The van der Waals surface area contributed by atoms with Crippen molar-refractivity contribution in [2.24, 2.45) is 0 Å². The molecule has 2 aliphatic rings. The van der Waals surface area contributed by atoms with Gasteiger partial charge in [0.15, 0.2) is 0 Å². The van der Waals surface area contributed by atoms with E-state index in [2.05, 4.69) is 17.9 Å². The average Bonchev–Trinajstić information content (AvgIpc) is 2.96. The second kappa shape index (κ2) is 7.92. The second-order valence-electron chi connectivity index (χ2n) is 5.87. The van der Waals surface area contributed by atoms with Crippen molar-refractivity contribution in [2.75, 3.05) is 49.2 Å². The van der Waals surface area contributed by atoms with E-state index in [1.54, 1.807) is 12.1 Å². The molecule has 0 radical (unpaired) electrons. The summed E-state index contributed by atoms with van der Waals surface area (Å²) in [6.45, 7) is 3.10. The van der Waals surface area contributed by atoms with Crippen LogP contribution in [0.2, 0.25) is 0 Å². The fourth-order valence-electron chi connectivity index (χ4n) is 2.95. The number of ether oxygens (including phenoxy) is 2. The third-order valence-electron chi connectivity index (χ3n) is 4.21. The number of carbonyl (C=O) groups is 2. The Bertz CT molecular complexity index is 654. The zero-order valence-electron chi connectivity index (χ0n) is 13.6. The second-order valence-corrected chi connectivity index (χ2v) is 6.28. The number of benzene rings is 1. The first-order chi connectivity index (χ1) is 12.0. The van der Waals surface area contributed by atoms with Gasteiger partial charge in [-0.1, -0.05) is 12.6 Å². The monoisotopic (exact) mass is 369 g/mol. The number of nitrogens with zero attached hydrogens (tertiary/aromatic N) is 2. The van der Waals surface area contributed by atoms with E-state index in [9.17, 15) is 14.0 Å². The van der Waals surface area contributed by atoms with Crippen LogP contribution in [0.1, 0.15) is 6.42 Å². The Morgan fingerprint density at radius 1 is 1.36 bits per heavy atom. The van der Waals surface area contributed by atoms with Gasteiger partial charge in [0.05, 0.1) is 31.1 Å². The molecule has 0 aliphatic carbocycles. The number of thiol groups is 1. The molecule has 0 saturated carbocycles. The minimum absolute atomic E-state index is 0.317. The van der Waals surface area contributed by atoms with Gasteiger partial charge in [-0.2, -0.15) is 0 Å². The number of hydrogen-bond donors (Lipinski definition) is 2. The van der Waals surface area contributed by atoms with Gasteiger partial charge in [-0.25, -0.2) is 9.18 Å². The number of halogens is 1. The number of rotatable bonds is 5. The summed E-state index contributed by atoms with van der Waals surface area (Å²) >= 11 is 3.61. The van der Waals surface area contributed by atoms with Crippen LogP contribution in [-0.2, 0) is 9.47 Å². The van der Waals surface area contributed by atoms with E-state index >= 15 is 0 Å². The number of carbonyl (C=O) groups excluding carboxylic acids is 2. The average molecular weight is 369 g/mol. The topological polar surface area (TPSA) is 71.1 Å². The molecule has 2 saturated heterocycles. The summed E-state index contributed by atoms with van der Waals surface area (Å²) in [6.07, 6.45) is -0.390. The van der Waals surface area contributed by atoms with Gasteiger partial charge in [-0.15, -0.1) is 0 Å². The van der Waals surface area contributed by atoms with Gasteiger partial charge in [-0.05, 0) is 18.2 Å². The first-order valence-corrected chi connectivity index (χ1v) is 8.56. The molecule has 9 heteroatoms. The summed E-state index contributed by atoms with van der Waals surface area (Å²) in [6, 6.07) is 4.74. The molecule has 1 aromatic carbocycles. The van der Waals surface area contributed by atoms with E-state index in [1.807, 2.05) is 4.90 Å². The Morgan fingerprint density at radius 3 is 2.80 bits per heavy atom. The molecule has 1 N–H and O–H groups in total. The normalized spacial score (nSPS) is 20.6. The fourth-order valence-corrected chi connectivity index (χ4v) is 3.06. The van der Waals surface area contributed by atoms with Gasteiger partial charge in [-0.3, -0.25) is 9.69 Å². The zero-order valence-corrected chi connectivity index (χ0v) is 14.5. The summed E-state index contributed by atoms with van der Waals surface area (Å²) in [4.78, 5) is 26.1. The van der Waals surface area contributed by atoms with E-state index in [0.717, 1.165) is 0 Å². The maximum atomic E-state index is 14.5. The maximum absolute atomic E-state index is 14.5. The van der Waals surface area contributed by atoms with E-state index in [-0.39, 0.29) is 11.9 Å². The number of morpholine rings is 1. The van der Waals surface area contributed by atoms with Crippen LogP contribution in [-0.4, -0.2) is 56.8 Å². The summed E-state index contributed by atoms with van der Waals surface area (Å²) in [7, 11) is 0. The molecule has 3 rings (SSSR count). The lowest BCUT2D eigenvalue weighted by Gasteiger charge is -2.29. The van der Waals surface area contributed by atoms with Gasteiger partial charge in [0.2, 0.25) is 0 Å². The zero-order chi connectivity index (χ0) is 17.8. The van der Waals surface area contributed by atoms with Gasteiger partial charge in [0.25, 0.3) is 5.24 Å². The molecule has 2 amide bonds. The quantitative estimate of drug-likeness (QED) is 0.777.